The Kier molecular flexibility index (Phi) is 9.01. The largest absolute Gasteiger partial charge is 0.480 e. The molecule has 13 heteroatoms. The first kappa shape index (κ1) is 23.0. The van der Waals surface area contributed by atoms with Gasteiger partial charge in [-0.3, -0.25) is 14.4 Å². The van der Waals surface area contributed by atoms with Crippen molar-refractivity contribution >= 4 is 23.7 Å². The number of nitrogens with two attached hydrogens (primary N) is 1. The van der Waals surface area contributed by atoms with Crippen LogP contribution in [0.4, 0.5) is 0 Å². The van der Waals surface area contributed by atoms with E-state index in [0.29, 0.717) is 5.69 Å². The van der Waals surface area contributed by atoms with Gasteiger partial charge in [-0.25, -0.2) is 9.78 Å². The van der Waals surface area contributed by atoms with Crippen LogP contribution in [0.3, 0.4) is 0 Å². The van der Waals surface area contributed by atoms with Crippen molar-refractivity contribution in [1.29, 1.82) is 0 Å². The summed E-state index contributed by atoms with van der Waals surface area (Å²) in [4.78, 5) is 53.9. The lowest BCUT2D eigenvalue weighted by Crippen LogP contribution is -2.60. The molecule has 9 N–H and O–H groups in total. The van der Waals surface area contributed by atoms with E-state index in [1.807, 2.05) is 5.32 Å². The van der Waals surface area contributed by atoms with Gasteiger partial charge in [-0.2, -0.15) is 0 Å². The van der Waals surface area contributed by atoms with Gasteiger partial charge in [0, 0.05) is 18.3 Å². The number of imidazole rings is 1. The minimum absolute atomic E-state index is 0.000112. The molecule has 1 aromatic heterocycles. The van der Waals surface area contributed by atoms with Crippen LogP contribution in [0.2, 0.25) is 0 Å². The van der Waals surface area contributed by atoms with Crippen molar-refractivity contribution in [2.45, 2.75) is 37.6 Å². The summed E-state index contributed by atoms with van der Waals surface area (Å²) < 4.78 is 0. The smallest absolute Gasteiger partial charge is 0.328 e. The normalized spacial score (nSPS) is 15.0. The maximum atomic E-state index is 12.6. The zero-order valence-electron chi connectivity index (χ0n) is 15.1. The number of carboxylic acids is 1. The van der Waals surface area contributed by atoms with Crippen molar-refractivity contribution in [1.82, 2.24) is 25.9 Å². The van der Waals surface area contributed by atoms with E-state index < -0.39 is 54.5 Å². The maximum absolute atomic E-state index is 12.6. The lowest BCUT2D eigenvalue weighted by molar-refractivity contribution is -0.144. The number of carbonyl (C=O) groups excluding carboxylic acids is 3. The van der Waals surface area contributed by atoms with E-state index in [9.17, 15) is 24.3 Å². The molecule has 4 unspecified atom stereocenters. The molecule has 1 rings (SSSR count). The fourth-order valence-corrected chi connectivity index (χ4v) is 2.18. The first-order valence-corrected chi connectivity index (χ1v) is 8.28. The van der Waals surface area contributed by atoms with Gasteiger partial charge in [-0.05, 0) is 6.92 Å². The second-order valence-corrected chi connectivity index (χ2v) is 5.91. The lowest BCUT2D eigenvalue weighted by atomic mass is 10.1. The number of aromatic amines is 1. The topological polar surface area (TPSA) is 220 Å². The summed E-state index contributed by atoms with van der Waals surface area (Å²) in [5.74, 6) is -3.94. The van der Waals surface area contributed by atoms with Gasteiger partial charge < -0.3 is 42.0 Å². The summed E-state index contributed by atoms with van der Waals surface area (Å²) in [5.41, 5.74) is 5.76. The van der Waals surface area contributed by atoms with Crippen LogP contribution in [-0.4, -0.2) is 86.4 Å². The Morgan fingerprint density at radius 2 is 1.86 bits per heavy atom. The summed E-state index contributed by atoms with van der Waals surface area (Å²) in [6.45, 7) is -0.0397. The summed E-state index contributed by atoms with van der Waals surface area (Å²) in [7, 11) is 0. The lowest BCUT2D eigenvalue weighted by Gasteiger charge is -2.25. The van der Waals surface area contributed by atoms with E-state index in [1.165, 1.54) is 19.4 Å². The maximum Gasteiger partial charge on any atom is 0.328 e. The van der Waals surface area contributed by atoms with Crippen LogP contribution < -0.4 is 21.7 Å². The molecule has 3 amide bonds. The summed E-state index contributed by atoms with van der Waals surface area (Å²) in [6.07, 6.45) is 1.42. The highest BCUT2D eigenvalue weighted by Crippen LogP contribution is 2.02. The molecular formula is C15H24N6O7. The molecule has 0 bridgehead atoms. The number of aliphatic hydroxyl groups excluding tert-OH is 2. The Morgan fingerprint density at radius 3 is 2.32 bits per heavy atom. The minimum Gasteiger partial charge on any atom is -0.480 e. The number of carbonyl (C=O) groups is 4. The van der Waals surface area contributed by atoms with Crippen LogP contribution in [0, 0.1) is 0 Å². The van der Waals surface area contributed by atoms with Crippen molar-refractivity contribution in [2.75, 3.05) is 13.2 Å². The van der Waals surface area contributed by atoms with Gasteiger partial charge in [-0.1, -0.05) is 0 Å². The van der Waals surface area contributed by atoms with E-state index in [-0.39, 0.29) is 13.0 Å². The number of aliphatic carboxylic acids is 1. The highest BCUT2D eigenvalue weighted by atomic mass is 16.4. The van der Waals surface area contributed by atoms with E-state index in [4.69, 9.17) is 15.9 Å². The molecule has 1 heterocycles. The SMILES string of the molecule is CC(O)C(NC(=O)C(Cc1cnc[nH]1)NC(=O)CN)C(=O)NC(CO)C(=O)O. The molecule has 0 aliphatic carbocycles. The Balaban J connectivity index is 2.91. The third kappa shape index (κ3) is 6.94. The zero-order valence-corrected chi connectivity index (χ0v) is 15.1. The van der Waals surface area contributed by atoms with Gasteiger partial charge in [0.05, 0.1) is 25.6 Å². The average Bonchev–Trinajstić information content (AvgIpc) is 3.15. The number of H-pyrrole nitrogens is 1. The molecule has 0 aliphatic heterocycles. The van der Waals surface area contributed by atoms with Crippen molar-refractivity contribution in [2.24, 2.45) is 5.73 Å². The number of amides is 3. The Morgan fingerprint density at radius 1 is 1.18 bits per heavy atom. The van der Waals surface area contributed by atoms with Gasteiger partial charge >= 0.3 is 5.97 Å². The molecule has 0 spiro atoms. The molecule has 0 fully saturated rings. The summed E-state index contributed by atoms with van der Waals surface area (Å²) in [5, 5.41) is 34.3. The van der Waals surface area contributed by atoms with Crippen LogP contribution in [0.5, 0.6) is 0 Å². The van der Waals surface area contributed by atoms with Gasteiger partial charge in [0.1, 0.15) is 18.1 Å². The van der Waals surface area contributed by atoms with Crippen LogP contribution in [0.25, 0.3) is 0 Å². The Hall–Kier alpha value is -3.03. The predicted octanol–water partition coefficient (Wildman–Crippen LogP) is -4.18. The number of carboxylic acid groups (broad SMARTS) is 1. The molecular weight excluding hydrogens is 376 g/mol. The van der Waals surface area contributed by atoms with E-state index in [1.54, 1.807) is 0 Å². The zero-order chi connectivity index (χ0) is 21.3. The fourth-order valence-electron chi connectivity index (χ4n) is 2.18. The molecule has 0 saturated carbocycles. The molecule has 0 saturated heterocycles. The number of aromatic nitrogens is 2. The average molecular weight is 400 g/mol. The second-order valence-electron chi connectivity index (χ2n) is 5.91. The van der Waals surface area contributed by atoms with Gasteiger partial charge in [-0.15, -0.1) is 0 Å². The standard InChI is InChI=1S/C15H24N6O7/c1-7(23)12(14(26)20-10(5-22)15(27)28)21-13(25)9(19-11(24)3-16)2-8-4-17-6-18-8/h4,6-7,9-10,12,22-23H,2-3,5,16H2,1H3,(H,17,18)(H,19,24)(H,20,26)(H,21,25)(H,27,28). The molecule has 28 heavy (non-hydrogen) atoms. The monoisotopic (exact) mass is 400 g/mol. The molecule has 1 aromatic rings. The van der Waals surface area contributed by atoms with Crippen LogP contribution in [0.15, 0.2) is 12.5 Å². The van der Waals surface area contributed by atoms with E-state index in [0.717, 1.165) is 0 Å². The fraction of sp³-hybridized carbons (Fsp3) is 0.533. The Labute approximate surface area is 159 Å². The molecule has 13 nitrogen and oxygen atoms in total. The second kappa shape index (κ2) is 11.0. The highest BCUT2D eigenvalue weighted by molar-refractivity contribution is 5.94. The molecule has 0 aliphatic rings. The van der Waals surface area contributed by atoms with Crippen molar-refractivity contribution in [3.63, 3.8) is 0 Å². The van der Waals surface area contributed by atoms with Crippen molar-refractivity contribution < 1.29 is 34.5 Å². The Bertz CT molecular complexity index is 678. The molecule has 0 aromatic carbocycles. The number of hydrogen-bond acceptors (Lipinski definition) is 8. The third-order valence-corrected chi connectivity index (χ3v) is 3.68. The number of rotatable bonds is 11. The minimum atomic E-state index is -1.61. The molecule has 4 atom stereocenters. The van der Waals surface area contributed by atoms with Crippen LogP contribution >= 0.6 is 0 Å². The third-order valence-electron chi connectivity index (χ3n) is 3.68. The summed E-state index contributed by atoms with van der Waals surface area (Å²) >= 11 is 0. The van der Waals surface area contributed by atoms with Crippen molar-refractivity contribution in [3.8, 4) is 0 Å². The van der Waals surface area contributed by atoms with E-state index >= 15 is 0 Å². The number of nitrogens with zero attached hydrogens (tertiary/aromatic N) is 1. The van der Waals surface area contributed by atoms with Crippen LogP contribution in [0.1, 0.15) is 12.6 Å². The number of hydrogen-bond donors (Lipinski definition) is 8. The summed E-state index contributed by atoms with van der Waals surface area (Å²) in [6, 6.07) is -4.28. The first-order valence-electron chi connectivity index (χ1n) is 8.28. The highest BCUT2D eigenvalue weighted by Gasteiger charge is 2.32. The van der Waals surface area contributed by atoms with E-state index in [2.05, 4.69) is 20.6 Å². The quantitative estimate of drug-likeness (QED) is 0.180. The van der Waals surface area contributed by atoms with Gasteiger partial charge in [0.2, 0.25) is 17.7 Å². The number of nitrogens with one attached hydrogen (secondary N) is 4. The number of aliphatic hydroxyl groups is 2. The van der Waals surface area contributed by atoms with Crippen molar-refractivity contribution in [3.05, 3.63) is 18.2 Å². The first-order chi connectivity index (χ1) is 13.2. The molecule has 0 radical (unpaired) electrons. The molecule has 156 valence electrons. The predicted molar refractivity (Wildman–Crippen MR) is 93.5 cm³/mol. The van der Waals surface area contributed by atoms with Gasteiger partial charge in [0.15, 0.2) is 0 Å². The van der Waals surface area contributed by atoms with Gasteiger partial charge in [0.25, 0.3) is 0 Å². The van der Waals surface area contributed by atoms with Crippen LogP contribution in [-0.2, 0) is 25.6 Å².